The molecule has 37 heavy (non-hydrogen) atoms. The number of fused-ring (bicyclic) bond motifs is 2. The second-order valence-electron chi connectivity index (χ2n) is 8.87. The molecule has 0 fully saturated rings. The van der Waals surface area contributed by atoms with Crippen molar-refractivity contribution in [3.63, 3.8) is 0 Å². The lowest BCUT2D eigenvalue weighted by Gasteiger charge is -2.16. The molecule has 190 valence electrons. The second kappa shape index (κ2) is 10.5. The molecule has 5 N–H and O–H groups in total. The van der Waals surface area contributed by atoms with Crippen molar-refractivity contribution >= 4 is 27.7 Å². The van der Waals surface area contributed by atoms with Crippen LogP contribution in [0.5, 0.6) is 0 Å². The molecular weight excluding hydrogens is 480 g/mol. The summed E-state index contributed by atoms with van der Waals surface area (Å²) < 4.78 is 29.5. The van der Waals surface area contributed by atoms with E-state index in [2.05, 4.69) is 15.3 Å². The number of aliphatic hydroxyl groups excluding tert-OH is 1. The van der Waals surface area contributed by atoms with Crippen LogP contribution in [0.1, 0.15) is 27.2 Å². The summed E-state index contributed by atoms with van der Waals surface area (Å²) in [5, 5.41) is 24.2. The first-order valence-corrected chi connectivity index (χ1v) is 11.7. The number of halogens is 2. The van der Waals surface area contributed by atoms with Crippen molar-refractivity contribution in [3.8, 4) is 0 Å². The molecule has 0 spiro atoms. The van der Waals surface area contributed by atoms with Crippen molar-refractivity contribution < 1.29 is 23.9 Å². The predicted octanol–water partition coefficient (Wildman–Crippen LogP) is 3.66. The standard InChI is InChI=1S/C27H25F2N5O3/c28-19-6-5-16(23(29)8-19)13-34-14-18(22-9-25(27(36)33-37)32-12-26(22)34)11-30-20(15-35)7-17-10-31-24-4-2-1-3-21(17)24/h1-6,8-10,12,14,20,30-31,35,37H,7,11,13,15H2,(H,33,36)/t20-/m0/s1. The van der Waals surface area contributed by atoms with E-state index in [-0.39, 0.29) is 24.9 Å². The zero-order valence-corrected chi connectivity index (χ0v) is 19.7. The first kappa shape index (κ1) is 24.6. The Hall–Kier alpha value is -4.12. The summed E-state index contributed by atoms with van der Waals surface area (Å²) in [6.07, 6.45) is 5.80. The first-order chi connectivity index (χ1) is 18.0. The summed E-state index contributed by atoms with van der Waals surface area (Å²) in [6.45, 7) is 0.362. The molecular formula is C27H25F2N5O3. The van der Waals surface area contributed by atoms with Crippen LogP contribution in [0.4, 0.5) is 8.78 Å². The number of pyridine rings is 1. The molecule has 1 amide bonds. The van der Waals surface area contributed by atoms with E-state index in [1.165, 1.54) is 18.3 Å². The maximum absolute atomic E-state index is 14.4. The van der Waals surface area contributed by atoms with Crippen LogP contribution in [0.25, 0.3) is 21.8 Å². The van der Waals surface area contributed by atoms with Crippen LogP contribution >= 0.6 is 0 Å². The summed E-state index contributed by atoms with van der Waals surface area (Å²) in [6, 6.07) is 12.7. The minimum absolute atomic E-state index is 0.0134. The van der Waals surface area contributed by atoms with Gasteiger partial charge in [-0.15, -0.1) is 0 Å². The average molecular weight is 506 g/mol. The van der Waals surface area contributed by atoms with Crippen LogP contribution in [0.3, 0.4) is 0 Å². The van der Waals surface area contributed by atoms with Crippen molar-refractivity contribution in [2.45, 2.75) is 25.6 Å². The Bertz CT molecular complexity index is 1580. The predicted molar refractivity (Wildman–Crippen MR) is 134 cm³/mol. The molecule has 10 heteroatoms. The molecule has 0 unspecified atom stereocenters. The monoisotopic (exact) mass is 505 g/mol. The van der Waals surface area contributed by atoms with Gasteiger partial charge in [-0.25, -0.2) is 19.2 Å². The Morgan fingerprint density at radius 1 is 1.08 bits per heavy atom. The molecule has 8 nitrogen and oxygen atoms in total. The number of amides is 1. The largest absolute Gasteiger partial charge is 0.395 e. The summed E-state index contributed by atoms with van der Waals surface area (Å²) in [7, 11) is 0. The summed E-state index contributed by atoms with van der Waals surface area (Å²) in [4.78, 5) is 19.3. The topological polar surface area (TPSA) is 115 Å². The van der Waals surface area contributed by atoms with Gasteiger partial charge < -0.3 is 20.0 Å². The van der Waals surface area contributed by atoms with Gasteiger partial charge in [0.25, 0.3) is 5.91 Å². The number of aromatic amines is 1. The lowest BCUT2D eigenvalue weighted by molar-refractivity contribution is 0.0701. The van der Waals surface area contributed by atoms with Crippen molar-refractivity contribution in [1.82, 2.24) is 25.3 Å². The van der Waals surface area contributed by atoms with E-state index >= 15 is 0 Å². The van der Waals surface area contributed by atoms with Gasteiger partial charge in [0, 0.05) is 52.9 Å². The average Bonchev–Trinajstić information content (AvgIpc) is 3.48. The Morgan fingerprint density at radius 2 is 1.92 bits per heavy atom. The molecule has 5 rings (SSSR count). The van der Waals surface area contributed by atoms with Crippen molar-refractivity contribution in [1.29, 1.82) is 0 Å². The Labute approximate surface area is 210 Å². The zero-order chi connectivity index (χ0) is 25.9. The number of benzene rings is 2. The van der Waals surface area contributed by atoms with Crippen LogP contribution in [-0.2, 0) is 19.5 Å². The second-order valence-corrected chi connectivity index (χ2v) is 8.87. The lowest BCUT2D eigenvalue weighted by Crippen LogP contribution is -2.34. The highest BCUT2D eigenvalue weighted by atomic mass is 19.1. The van der Waals surface area contributed by atoms with Crippen LogP contribution in [0, 0.1) is 11.6 Å². The molecule has 2 aromatic carbocycles. The first-order valence-electron chi connectivity index (χ1n) is 11.7. The third-order valence-corrected chi connectivity index (χ3v) is 6.48. The maximum atomic E-state index is 14.4. The summed E-state index contributed by atoms with van der Waals surface area (Å²) in [5.74, 6) is -2.08. The number of nitrogens with one attached hydrogen (secondary N) is 3. The Morgan fingerprint density at radius 3 is 2.70 bits per heavy atom. The van der Waals surface area contributed by atoms with E-state index in [0.717, 1.165) is 28.1 Å². The molecule has 0 saturated carbocycles. The SMILES string of the molecule is O=C(NO)c1cc2c(CN[C@H](CO)Cc3c[nH]c4ccccc34)cn(Cc3ccc(F)cc3F)c2cn1. The normalized spacial score (nSPS) is 12.3. The molecule has 0 radical (unpaired) electrons. The summed E-state index contributed by atoms with van der Waals surface area (Å²) in [5.41, 5.74) is 5.39. The number of nitrogens with zero attached hydrogens (tertiary/aromatic N) is 2. The molecule has 3 heterocycles. The Kier molecular flexibility index (Phi) is 6.95. The van der Waals surface area contributed by atoms with E-state index in [4.69, 9.17) is 5.21 Å². The van der Waals surface area contributed by atoms with Gasteiger partial charge in [0.15, 0.2) is 0 Å². The van der Waals surface area contributed by atoms with E-state index in [1.54, 1.807) is 16.1 Å². The number of rotatable bonds is 9. The third kappa shape index (κ3) is 5.08. The number of aliphatic hydroxyl groups is 1. The molecule has 0 aliphatic heterocycles. The maximum Gasteiger partial charge on any atom is 0.293 e. The van der Waals surface area contributed by atoms with E-state index in [0.29, 0.717) is 29.4 Å². The fraction of sp³-hybridized carbons (Fsp3) is 0.185. The van der Waals surface area contributed by atoms with Crippen LogP contribution in [-0.4, -0.2) is 43.4 Å². The van der Waals surface area contributed by atoms with E-state index < -0.39 is 17.5 Å². The number of hydrogen-bond donors (Lipinski definition) is 5. The molecule has 0 saturated heterocycles. The highest BCUT2D eigenvalue weighted by Crippen LogP contribution is 2.25. The summed E-state index contributed by atoms with van der Waals surface area (Å²) >= 11 is 0. The molecule has 0 bridgehead atoms. The smallest absolute Gasteiger partial charge is 0.293 e. The zero-order valence-electron chi connectivity index (χ0n) is 19.7. The van der Waals surface area contributed by atoms with Gasteiger partial charge in [-0.05, 0) is 35.7 Å². The fourth-order valence-corrected chi connectivity index (χ4v) is 4.57. The fourth-order valence-electron chi connectivity index (χ4n) is 4.57. The minimum atomic E-state index is -0.759. The molecule has 0 aliphatic rings. The van der Waals surface area contributed by atoms with Gasteiger partial charge in [-0.2, -0.15) is 0 Å². The quantitative estimate of drug-likeness (QED) is 0.155. The van der Waals surface area contributed by atoms with Crippen LogP contribution in [0.2, 0.25) is 0 Å². The van der Waals surface area contributed by atoms with Crippen LogP contribution in [0.15, 0.2) is 67.1 Å². The molecule has 1 atom stereocenters. The van der Waals surface area contributed by atoms with Gasteiger partial charge in [0.2, 0.25) is 0 Å². The van der Waals surface area contributed by atoms with Crippen molar-refractivity contribution in [2.75, 3.05) is 6.61 Å². The molecule has 5 aromatic rings. The molecule has 0 aliphatic carbocycles. The molecule has 3 aromatic heterocycles. The van der Waals surface area contributed by atoms with Crippen LogP contribution < -0.4 is 10.8 Å². The van der Waals surface area contributed by atoms with Crippen molar-refractivity contribution in [3.05, 3.63) is 101 Å². The van der Waals surface area contributed by atoms with Crippen molar-refractivity contribution in [2.24, 2.45) is 0 Å². The number of hydrogen-bond acceptors (Lipinski definition) is 5. The van der Waals surface area contributed by atoms with Gasteiger partial charge in [-0.1, -0.05) is 24.3 Å². The minimum Gasteiger partial charge on any atom is -0.395 e. The van der Waals surface area contributed by atoms with Gasteiger partial charge >= 0.3 is 0 Å². The number of hydroxylamine groups is 1. The van der Waals surface area contributed by atoms with E-state index in [1.807, 2.05) is 36.7 Å². The Balaban J connectivity index is 1.43. The number of aromatic nitrogens is 3. The number of carbonyl (C=O) groups excluding carboxylic acids is 1. The van der Waals surface area contributed by atoms with Gasteiger partial charge in [0.05, 0.1) is 24.9 Å². The highest BCUT2D eigenvalue weighted by molar-refractivity contribution is 5.96. The van der Waals surface area contributed by atoms with E-state index in [9.17, 15) is 18.7 Å². The number of H-pyrrole nitrogens is 1. The highest BCUT2D eigenvalue weighted by Gasteiger charge is 2.17. The lowest BCUT2D eigenvalue weighted by atomic mass is 10.0. The number of carbonyl (C=O) groups is 1. The third-order valence-electron chi connectivity index (χ3n) is 6.48. The number of para-hydroxylation sites is 1. The van der Waals surface area contributed by atoms with Gasteiger partial charge in [-0.3, -0.25) is 10.0 Å². The van der Waals surface area contributed by atoms with Gasteiger partial charge in [0.1, 0.15) is 17.3 Å².